The van der Waals surface area contributed by atoms with E-state index in [1.165, 1.54) is 24.3 Å². The van der Waals surface area contributed by atoms with E-state index in [0.29, 0.717) is 5.56 Å². The van der Waals surface area contributed by atoms with Gasteiger partial charge in [0, 0.05) is 5.41 Å². The molecule has 0 unspecified atom stereocenters. The number of phenols is 1. The van der Waals surface area contributed by atoms with Crippen molar-refractivity contribution in [1.29, 1.82) is 0 Å². The van der Waals surface area contributed by atoms with Crippen molar-refractivity contribution < 1.29 is 45.4 Å². The van der Waals surface area contributed by atoms with Crippen molar-refractivity contribution in [3.05, 3.63) is 59.7 Å². The highest BCUT2D eigenvalue weighted by atomic mass is 19.4. The molecule has 0 aromatic heterocycles. The molecular formula is C19H15F7O3. The molecule has 0 fully saturated rings. The van der Waals surface area contributed by atoms with Gasteiger partial charge in [0.05, 0.1) is 0 Å². The van der Waals surface area contributed by atoms with E-state index in [2.05, 4.69) is 4.74 Å². The third-order valence-electron chi connectivity index (χ3n) is 4.38. The molecule has 2 aromatic rings. The molecule has 158 valence electrons. The number of hydrogen-bond donors (Lipinski definition) is 1. The minimum absolute atomic E-state index is 0.0448. The van der Waals surface area contributed by atoms with Crippen LogP contribution in [0, 0.1) is 0 Å². The molecule has 10 heteroatoms. The van der Waals surface area contributed by atoms with Gasteiger partial charge in [-0.15, -0.1) is 0 Å². The van der Waals surface area contributed by atoms with Crippen LogP contribution in [0.25, 0.3) is 0 Å². The third kappa shape index (κ3) is 4.15. The summed E-state index contributed by atoms with van der Waals surface area (Å²) in [6.45, 7) is 3.58. The zero-order valence-electron chi connectivity index (χ0n) is 15.0. The summed E-state index contributed by atoms with van der Waals surface area (Å²) in [5.41, 5.74) is 0.704. The summed E-state index contributed by atoms with van der Waals surface area (Å²) in [5, 5.41) is 9.35. The van der Waals surface area contributed by atoms with Gasteiger partial charge in [-0.1, -0.05) is 38.1 Å². The minimum atomic E-state index is -6.63. The Morgan fingerprint density at radius 1 is 0.793 bits per heavy atom. The highest BCUT2D eigenvalue weighted by Crippen LogP contribution is 2.47. The van der Waals surface area contributed by atoms with E-state index in [-0.39, 0.29) is 5.75 Å². The number of ether oxygens (including phenoxy) is 1. The molecule has 0 bridgehead atoms. The zero-order valence-corrected chi connectivity index (χ0v) is 15.0. The average Bonchev–Trinajstić information content (AvgIpc) is 2.61. The van der Waals surface area contributed by atoms with Crippen molar-refractivity contribution in [2.75, 3.05) is 0 Å². The monoisotopic (exact) mass is 424 g/mol. The van der Waals surface area contributed by atoms with Gasteiger partial charge in [0.15, 0.2) is 0 Å². The number of hydrogen-bond acceptors (Lipinski definition) is 3. The average molecular weight is 424 g/mol. The molecule has 0 amide bonds. The molecule has 1 N–H and O–H groups in total. The molecule has 0 atom stereocenters. The van der Waals surface area contributed by atoms with Gasteiger partial charge in [-0.3, -0.25) is 0 Å². The summed E-state index contributed by atoms with van der Waals surface area (Å²) < 4.78 is 93.0. The molecule has 29 heavy (non-hydrogen) atoms. The molecule has 0 saturated heterocycles. The van der Waals surface area contributed by atoms with Crippen molar-refractivity contribution in [3.8, 4) is 11.5 Å². The molecule has 0 aliphatic carbocycles. The van der Waals surface area contributed by atoms with Gasteiger partial charge in [-0.25, -0.2) is 4.79 Å². The fraction of sp³-hybridized carbons (Fsp3) is 0.316. The lowest BCUT2D eigenvalue weighted by Gasteiger charge is -2.27. The molecule has 0 radical (unpaired) electrons. The van der Waals surface area contributed by atoms with Crippen LogP contribution < -0.4 is 4.74 Å². The Kier molecular flexibility index (Phi) is 5.62. The van der Waals surface area contributed by atoms with Crippen LogP contribution in [0.15, 0.2) is 48.5 Å². The molecule has 0 spiro atoms. The number of rotatable bonds is 5. The van der Waals surface area contributed by atoms with Crippen molar-refractivity contribution in [3.63, 3.8) is 0 Å². The van der Waals surface area contributed by atoms with E-state index in [1.807, 2.05) is 0 Å². The normalized spacial score (nSPS) is 13.3. The predicted molar refractivity (Wildman–Crippen MR) is 88.3 cm³/mol. The number of aromatic hydroxyl groups is 1. The van der Waals surface area contributed by atoms with Crippen LogP contribution in [0.1, 0.15) is 25.0 Å². The van der Waals surface area contributed by atoms with E-state index >= 15 is 0 Å². The Hall–Kier alpha value is -2.78. The smallest absolute Gasteiger partial charge is 0.460 e. The second-order valence-electron chi connectivity index (χ2n) is 6.73. The first-order valence-electron chi connectivity index (χ1n) is 8.05. The van der Waals surface area contributed by atoms with Crippen molar-refractivity contribution in [1.82, 2.24) is 0 Å². The van der Waals surface area contributed by atoms with Gasteiger partial charge in [-0.2, -0.15) is 30.7 Å². The zero-order chi connectivity index (χ0) is 22.3. The molecule has 0 aliphatic rings. The van der Waals surface area contributed by atoms with Crippen LogP contribution in [0.5, 0.6) is 11.5 Å². The summed E-state index contributed by atoms with van der Waals surface area (Å²) in [6, 6.07) is 10.9. The van der Waals surface area contributed by atoms with Gasteiger partial charge in [0.25, 0.3) is 0 Å². The Balaban J connectivity index is 2.22. The summed E-state index contributed by atoms with van der Waals surface area (Å²) >= 11 is 0. The molecular weight excluding hydrogens is 409 g/mol. The van der Waals surface area contributed by atoms with Gasteiger partial charge < -0.3 is 9.84 Å². The van der Waals surface area contributed by atoms with Crippen LogP contribution >= 0.6 is 0 Å². The first kappa shape index (κ1) is 22.5. The summed E-state index contributed by atoms with van der Waals surface area (Å²) in [6.07, 6.45) is -6.63. The lowest BCUT2D eigenvalue weighted by atomic mass is 9.78. The second-order valence-corrected chi connectivity index (χ2v) is 6.73. The number of halogens is 7. The molecule has 2 rings (SSSR count). The number of benzene rings is 2. The van der Waals surface area contributed by atoms with Crippen LogP contribution in [-0.4, -0.2) is 29.1 Å². The van der Waals surface area contributed by atoms with Crippen LogP contribution in [0.3, 0.4) is 0 Å². The standard InChI is InChI=1S/C19H15F7O3/c1-16(2,11-3-7-13(27)8-4-11)12-5-9-14(10-6-12)29-15(28)17(20,21)18(22,23)19(24,25)26/h3-10,27H,1-2H3. The fourth-order valence-corrected chi connectivity index (χ4v) is 2.46. The number of carbonyl (C=O) groups is 1. The fourth-order valence-electron chi connectivity index (χ4n) is 2.46. The highest BCUT2D eigenvalue weighted by Gasteiger charge is 2.77. The maximum absolute atomic E-state index is 13.3. The van der Waals surface area contributed by atoms with E-state index < -0.39 is 35.2 Å². The molecule has 3 nitrogen and oxygen atoms in total. The topological polar surface area (TPSA) is 46.5 Å². The second kappa shape index (κ2) is 7.23. The summed E-state index contributed by atoms with van der Waals surface area (Å²) in [4.78, 5) is 11.3. The number of esters is 1. The predicted octanol–water partition coefficient (Wildman–Crippen LogP) is 5.46. The van der Waals surface area contributed by atoms with Crippen molar-refractivity contribution >= 4 is 5.97 Å². The first-order valence-corrected chi connectivity index (χ1v) is 8.05. The van der Waals surface area contributed by atoms with Crippen LogP contribution in [0.2, 0.25) is 0 Å². The van der Waals surface area contributed by atoms with Crippen LogP contribution in [0.4, 0.5) is 30.7 Å². The first-order chi connectivity index (χ1) is 13.1. The molecule has 2 aromatic carbocycles. The molecule has 0 saturated carbocycles. The van der Waals surface area contributed by atoms with E-state index in [9.17, 15) is 40.6 Å². The maximum atomic E-state index is 13.3. The Labute approximate surface area is 160 Å². The quantitative estimate of drug-likeness (QED) is 0.394. The lowest BCUT2D eigenvalue weighted by Crippen LogP contribution is -2.57. The Morgan fingerprint density at radius 3 is 1.62 bits per heavy atom. The Morgan fingerprint density at radius 2 is 1.21 bits per heavy atom. The molecule has 0 aliphatic heterocycles. The highest BCUT2D eigenvalue weighted by molar-refractivity contribution is 5.81. The SMILES string of the molecule is CC(C)(c1ccc(O)cc1)c1ccc(OC(=O)C(F)(F)C(F)(F)C(F)(F)F)cc1. The molecule has 0 heterocycles. The van der Waals surface area contributed by atoms with Gasteiger partial charge in [0.2, 0.25) is 0 Å². The van der Waals surface area contributed by atoms with Crippen molar-refractivity contribution in [2.24, 2.45) is 0 Å². The Bertz CT molecular complexity index is 870. The van der Waals surface area contributed by atoms with Gasteiger partial charge in [-0.05, 0) is 35.4 Å². The number of alkyl halides is 7. The van der Waals surface area contributed by atoms with Gasteiger partial charge >= 0.3 is 24.0 Å². The minimum Gasteiger partial charge on any atom is -0.508 e. The van der Waals surface area contributed by atoms with Crippen molar-refractivity contribution in [2.45, 2.75) is 37.3 Å². The van der Waals surface area contributed by atoms with E-state index in [0.717, 1.165) is 17.7 Å². The third-order valence-corrected chi connectivity index (χ3v) is 4.38. The number of carbonyl (C=O) groups excluding carboxylic acids is 1. The maximum Gasteiger partial charge on any atom is 0.460 e. The largest absolute Gasteiger partial charge is 0.508 e. The van der Waals surface area contributed by atoms with Gasteiger partial charge in [0.1, 0.15) is 11.5 Å². The van der Waals surface area contributed by atoms with E-state index in [1.54, 1.807) is 26.0 Å². The summed E-state index contributed by atoms with van der Waals surface area (Å²) in [7, 11) is 0. The lowest BCUT2D eigenvalue weighted by molar-refractivity contribution is -0.346. The summed E-state index contributed by atoms with van der Waals surface area (Å²) in [5.74, 6) is -16.3. The van der Waals surface area contributed by atoms with Crippen LogP contribution in [-0.2, 0) is 10.2 Å². The van der Waals surface area contributed by atoms with E-state index in [4.69, 9.17) is 0 Å². The number of phenolic OH excluding ortho intramolecular Hbond substituents is 1.